The molecule has 1 aromatic heterocycles. The number of amides is 2. The molecule has 10 heteroatoms. The van der Waals surface area contributed by atoms with Crippen LogP contribution in [0.3, 0.4) is 0 Å². The van der Waals surface area contributed by atoms with Gasteiger partial charge in [-0.2, -0.15) is 0 Å². The number of carbonyl (C=O) groups is 3. The zero-order valence-corrected chi connectivity index (χ0v) is 19.3. The summed E-state index contributed by atoms with van der Waals surface area (Å²) in [7, 11) is 0. The molecule has 0 atom stereocenters. The lowest BCUT2D eigenvalue weighted by molar-refractivity contribution is -0.132. The molecule has 170 valence electrons. The van der Waals surface area contributed by atoms with Crippen molar-refractivity contribution in [3.05, 3.63) is 85.5 Å². The second-order valence-electron chi connectivity index (χ2n) is 7.05. The molecule has 0 fully saturated rings. The monoisotopic (exact) mass is 485 g/mol. The highest BCUT2D eigenvalue weighted by molar-refractivity contribution is 7.12. The van der Waals surface area contributed by atoms with E-state index in [9.17, 15) is 24.6 Å². The number of hydrogen-bond acceptors (Lipinski definition) is 6. The third kappa shape index (κ3) is 6.18. The van der Waals surface area contributed by atoms with Crippen molar-refractivity contribution in [1.82, 2.24) is 15.6 Å². The summed E-state index contributed by atoms with van der Waals surface area (Å²) in [6, 6.07) is 10.6. The predicted molar refractivity (Wildman–Crippen MR) is 125 cm³/mol. The van der Waals surface area contributed by atoms with Crippen molar-refractivity contribution in [2.45, 2.75) is 20.4 Å². The molecule has 0 aliphatic heterocycles. The van der Waals surface area contributed by atoms with Crippen molar-refractivity contribution < 1.29 is 24.6 Å². The minimum Gasteiger partial charge on any atom is -0.508 e. The largest absolute Gasteiger partial charge is 0.508 e. The van der Waals surface area contributed by atoms with Crippen LogP contribution in [0.1, 0.15) is 41.9 Å². The molecule has 2 amide bonds. The zero-order valence-electron chi connectivity index (χ0n) is 17.7. The number of halogens is 1. The minimum atomic E-state index is -1.31. The van der Waals surface area contributed by atoms with E-state index in [1.54, 1.807) is 26.0 Å². The molecule has 0 aliphatic rings. The van der Waals surface area contributed by atoms with E-state index in [1.807, 2.05) is 0 Å². The van der Waals surface area contributed by atoms with E-state index in [1.165, 1.54) is 47.7 Å². The SMILES string of the molecule is Cc1nc(C)c(C=C(NC(=O)c2ccc(C(=O)NCc3cccc(O)c3)cc2Cl)C(=O)O)s1. The molecule has 4 N–H and O–H groups in total. The molecule has 2 aromatic carbocycles. The van der Waals surface area contributed by atoms with Crippen LogP contribution in [0.2, 0.25) is 5.02 Å². The molecule has 3 aromatic rings. The number of aliphatic carboxylic acids is 1. The Labute approximate surface area is 198 Å². The zero-order chi connectivity index (χ0) is 24.1. The average Bonchev–Trinajstić information content (AvgIpc) is 3.07. The lowest BCUT2D eigenvalue weighted by atomic mass is 10.1. The van der Waals surface area contributed by atoms with Crippen LogP contribution < -0.4 is 10.6 Å². The Morgan fingerprint density at radius 3 is 2.48 bits per heavy atom. The molecule has 0 radical (unpaired) electrons. The van der Waals surface area contributed by atoms with E-state index < -0.39 is 17.8 Å². The van der Waals surface area contributed by atoms with Crippen molar-refractivity contribution in [2.24, 2.45) is 0 Å². The van der Waals surface area contributed by atoms with Crippen LogP contribution in [0.4, 0.5) is 0 Å². The molecule has 0 aliphatic carbocycles. The number of nitrogens with one attached hydrogen (secondary N) is 2. The number of thiazole rings is 1. The summed E-state index contributed by atoms with van der Waals surface area (Å²) in [5.41, 5.74) is 1.29. The lowest BCUT2D eigenvalue weighted by Gasteiger charge is -2.10. The number of nitrogens with zero attached hydrogens (tertiary/aromatic N) is 1. The number of aromatic nitrogens is 1. The number of hydrogen-bond donors (Lipinski definition) is 4. The highest BCUT2D eigenvalue weighted by Crippen LogP contribution is 2.22. The summed E-state index contributed by atoms with van der Waals surface area (Å²) in [5.74, 6) is -2.36. The van der Waals surface area contributed by atoms with E-state index in [-0.39, 0.29) is 34.1 Å². The third-order valence-electron chi connectivity index (χ3n) is 4.53. The van der Waals surface area contributed by atoms with Crippen molar-refractivity contribution >= 4 is 46.8 Å². The first-order chi connectivity index (χ1) is 15.6. The quantitative estimate of drug-likeness (QED) is 0.376. The Morgan fingerprint density at radius 1 is 1.12 bits per heavy atom. The molecule has 1 heterocycles. The summed E-state index contributed by atoms with van der Waals surface area (Å²) in [6.07, 6.45) is 1.34. The van der Waals surface area contributed by atoms with E-state index >= 15 is 0 Å². The standard InChI is InChI=1S/C23H20ClN3O5S/c1-12-20(33-13(2)26-12)10-19(23(31)32)27-22(30)17-7-6-15(9-18(17)24)21(29)25-11-14-4-3-5-16(28)8-14/h3-10,28H,11H2,1-2H3,(H,25,29)(H,27,30)(H,31,32). The maximum absolute atomic E-state index is 12.6. The van der Waals surface area contributed by atoms with Crippen molar-refractivity contribution in [1.29, 1.82) is 0 Å². The van der Waals surface area contributed by atoms with Gasteiger partial charge in [-0.05, 0) is 55.8 Å². The topological polar surface area (TPSA) is 129 Å². The van der Waals surface area contributed by atoms with Gasteiger partial charge >= 0.3 is 5.97 Å². The number of benzene rings is 2. The second kappa shape index (κ2) is 10.3. The van der Waals surface area contributed by atoms with Crippen molar-refractivity contribution in [2.75, 3.05) is 0 Å². The fourth-order valence-corrected chi connectivity index (χ4v) is 4.08. The third-order valence-corrected chi connectivity index (χ3v) is 5.87. The van der Waals surface area contributed by atoms with Gasteiger partial charge in [0.1, 0.15) is 11.4 Å². The number of aromatic hydroxyl groups is 1. The van der Waals surface area contributed by atoms with Crippen molar-refractivity contribution in [3.63, 3.8) is 0 Å². The number of phenols is 1. The second-order valence-corrected chi connectivity index (χ2v) is 8.69. The number of aryl methyl sites for hydroxylation is 2. The minimum absolute atomic E-state index is 0.00735. The van der Waals surface area contributed by atoms with E-state index in [4.69, 9.17) is 11.6 Å². The van der Waals surface area contributed by atoms with Gasteiger partial charge in [0.2, 0.25) is 0 Å². The maximum Gasteiger partial charge on any atom is 0.352 e. The van der Waals surface area contributed by atoms with Crippen LogP contribution in [0.5, 0.6) is 5.75 Å². The lowest BCUT2D eigenvalue weighted by Crippen LogP contribution is -2.28. The molecule has 33 heavy (non-hydrogen) atoms. The first-order valence-electron chi connectivity index (χ1n) is 9.70. The Hall–Kier alpha value is -3.69. The highest BCUT2D eigenvalue weighted by Gasteiger charge is 2.18. The Morgan fingerprint density at radius 2 is 1.88 bits per heavy atom. The summed E-state index contributed by atoms with van der Waals surface area (Å²) in [4.78, 5) is 41.5. The van der Waals surface area contributed by atoms with Gasteiger partial charge in [0, 0.05) is 12.1 Å². The normalized spacial score (nSPS) is 11.2. The van der Waals surface area contributed by atoms with Gasteiger partial charge in [0.25, 0.3) is 11.8 Å². The Balaban J connectivity index is 1.72. The maximum atomic E-state index is 12.6. The van der Waals surface area contributed by atoms with Gasteiger partial charge in [-0.3, -0.25) is 9.59 Å². The molecular formula is C23H20ClN3O5S. The van der Waals surface area contributed by atoms with Crippen LogP contribution >= 0.6 is 22.9 Å². The summed E-state index contributed by atoms with van der Waals surface area (Å²) in [5, 5.41) is 24.8. The fraction of sp³-hybridized carbons (Fsp3) is 0.130. The smallest absolute Gasteiger partial charge is 0.352 e. The highest BCUT2D eigenvalue weighted by atomic mass is 35.5. The molecule has 0 saturated carbocycles. The fourth-order valence-electron chi connectivity index (χ4n) is 2.94. The van der Waals surface area contributed by atoms with Gasteiger partial charge in [-0.25, -0.2) is 9.78 Å². The summed E-state index contributed by atoms with van der Waals surface area (Å²) < 4.78 is 0. The number of carboxylic acids is 1. The van der Waals surface area contributed by atoms with Gasteiger partial charge in [-0.15, -0.1) is 11.3 Å². The molecule has 0 bridgehead atoms. The van der Waals surface area contributed by atoms with Crippen LogP contribution in [-0.2, 0) is 11.3 Å². The number of rotatable bonds is 7. The molecule has 8 nitrogen and oxygen atoms in total. The first kappa shape index (κ1) is 24.0. The van der Waals surface area contributed by atoms with Crippen LogP contribution in [0.25, 0.3) is 6.08 Å². The Kier molecular flexibility index (Phi) is 7.47. The predicted octanol–water partition coefficient (Wildman–Crippen LogP) is 3.90. The summed E-state index contributed by atoms with van der Waals surface area (Å²) in [6.45, 7) is 3.74. The first-order valence-corrected chi connectivity index (χ1v) is 10.9. The van der Waals surface area contributed by atoms with Gasteiger partial charge in [0.15, 0.2) is 0 Å². The molecule has 0 saturated heterocycles. The van der Waals surface area contributed by atoms with E-state index in [0.29, 0.717) is 16.1 Å². The van der Waals surface area contributed by atoms with Gasteiger partial charge in [0.05, 0.1) is 26.2 Å². The number of carboxylic acid groups (broad SMARTS) is 1. The van der Waals surface area contributed by atoms with E-state index in [0.717, 1.165) is 5.01 Å². The van der Waals surface area contributed by atoms with Crippen molar-refractivity contribution in [3.8, 4) is 5.75 Å². The number of carbonyl (C=O) groups excluding carboxylic acids is 2. The summed E-state index contributed by atoms with van der Waals surface area (Å²) >= 11 is 7.52. The molecule has 0 spiro atoms. The molecular weight excluding hydrogens is 466 g/mol. The molecule has 0 unspecified atom stereocenters. The van der Waals surface area contributed by atoms with E-state index in [2.05, 4.69) is 15.6 Å². The van der Waals surface area contributed by atoms with Crippen LogP contribution in [-0.4, -0.2) is 33.0 Å². The average molecular weight is 486 g/mol. The molecule has 3 rings (SSSR count). The van der Waals surface area contributed by atoms with Crippen LogP contribution in [0, 0.1) is 13.8 Å². The van der Waals surface area contributed by atoms with Gasteiger partial charge in [-0.1, -0.05) is 23.7 Å². The van der Waals surface area contributed by atoms with Gasteiger partial charge < -0.3 is 20.8 Å². The number of phenolic OH excluding ortho intramolecular Hbond substituents is 1. The van der Waals surface area contributed by atoms with Crippen LogP contribution in [0.15, 0.2) is 48.2 Å². The Bertz CT molecular complexity index is 1270.